The predicted molar refractivity (Wildman–Crippen MR) is 171 cm³/mol. The molecule has 0 amide bonds. The fourth-order valence-electron chi connectivity index (χ4n) is 5.68. The highest BCUT2D eigenvalue weighted by atomic mass is 28.4. The van der Waals surface area contributed by atoms with Crippen molar-refractivity contribution in [2.75, 3.05) is 6.61 Å². The lowest BCUT2D eigenvalue weighted by Gasteiger charge is -2.43. The number of rotatable bonds is 12. The molecule has 0 saturated carbocycles. The molecule has 2 nitrogen and oxygen atoms in total. The number of carbonyl (C=O) groups excluding carboxylic acids is 1. The summed E-state index contributed by atoms with van der Waals surface area (Å²) in [4.78, 5) is 13.1. The first kappa shape index (κ1) is 29.4. The second kappa shape index (κ2) is 13.7. The van der Waals surface area contributed by atoms with Crippen LogP contribution in [0.5, 0.6) is 0 Å². The Labute approximate surface area is 241 Å². The second-order valence-electron chi connectivity index (χ2n) is 11.6. The van der Waals surface area contributed by atoms with Crippen LogP contribution in [0.25, 0.3) is 0 Å². The van der Waals surface area contributed by atoms with Crippen LogP contribution in [0.15, 0.2) is 133 Å². The molecule has 4 aromatic rings. The van der Waals surface area contributed by atoms with E-state index in [1.54, 1.807) is 0 Å². The number of Topliss-reactive ketones (excluding diaryl/α,β-unsaturated/α-hetero) is 1. The number of carbonyl (C=O) groups is 1. The first-order valence-corrected chi connectivity index (χ1v) is 16.3. The van der Waals surface area contributed by atoms with E-state index in [0.29, 0.717) is 13.0 Å². The van der Waals surface area contributed by atoms with Crippen LogP contribution in [0.2, 0.25) is 5.04 Å². The average Bonchev–Trinajstić information content (AvgIpc) is 2.98. The zero-order valence-corrected chi connectivity index (χ0v) is 25.3. The van der Waals surface area contributed by atoms with Gasteiger partial charge < -0.3 is 4.43 Å². The van der Waals surface area contributed by atoms with Gasteiger partial charge in [0.1, 0.15) is 0 Å². The van der Waals surface area contributed by atoms with E-state index >= 15 is 0 Å². The van der Waals surface area contributed by atoms with Crippen molar-refractivity contribution in [2.45, 2.75) is 57.9 Å². The number of allylic oxidation sites excluding steroid dienone is 2. The van der Waals surface area contributed by atoms with Gasteiger partial charge in [0.2, 0.25) is 0 Å². The molecule has 0 aromatic heterocycles. The number of hydrogen-bond acceptors (Lipinski definition) is 2. The Bertz CT molecular complexity index is 1320. The predicted octanol–water partition coefficient (Wildman–Crippen LogP) is 8.35. The van der Waals surface area contributed by atoms with Gasteiger partial charge in [0.05, 0.1) is 0 Å². The van der Waals surface area contributed by atoms with E-state index in [0.717, 1.165) is 18.4 Å². The van der Waals surface area contributed by atoms with Gasteiger partial charge in [-0.3, -0.25) is 4.79 Å². The third kappa shape index (κ3) is 7.15. The van der Waals surface area contributed by atoms with Gasteiger partial charge in [-0.25, -0.2) is 0 Å². The van der Waals surface area contributed by atoms with E-state index in [1.165, 1.54) is 21.5 Å². The Morgan fingerprint density at radius 3 is 1.73 bits per heavy atom. The van der Waals surface area contributed by atoms with Crippen molar-refractivity contribution in [3.8, 4) is 0 Å². The fourth-order valence-corrected chi connectivity index (χ4v) is 10.3. The summed E-state index contributed by atoms with van der Waals surface area (Å²) in [6.45, 7) is 9.83. The van der Waals surface area contributed by atoms with Crippen molar-refractivity contribution in [1.82, 2.24) is 0 Å². The van der Waals surface area contributed by atoms with Crippen molar-refractivity contribution in [3.63, 3.8) is 0 Å². The summed E-state index contributed by atoms with van der Waals surface area (Å²) in [5.74, 6) is 0.222. The van der Waals surface area contributed by atoms with E-state index in [1.807, 2.05) is 36.4 Å². The Balaban J connectivity index is 1.50. The van der Waals surface area contributed by atoms with Crippen molar-refractivity contribution >= 4 is 24.5 Å². The molecule has 206 valence electrons. The SMILES string of the molecule is C/C(=C\C(CC(=O)c1ccccc1)c1ccccc1)CCCO[Si](c1ccccc1)(c1ccccc1)C(C)(C)C. The molecule has 1 atom stereocenters. The number of ketones is 1. The summed E-state index contributed by atoms with van der Waals surface area (Å²) in [5, 5.41) is 2.59. The average molecular weight is 547 g/mol. The van der Waals surface area contributed by atoms with E-state index in [2.05, 4.69) is 119 Å². The van der Waals surface area contributed by atoms with Crippen molar-refractivity contribution in [1.29, 1.82) is 0 Å². The summed E-state index contributed by atoms with van der Waals surface area (Å²) in [5.41, 5.74) is 3.24. The quantitative estimate of drug-likeness (QED) is 0.0772. The number of hydrogen-bond donors (Lipinski definition) is 0. The lowest BCUT2D eigenvalue weighted by Crippen LogP contribution is -2.66. The molecule has 0 fully saturated rings. The minimum atomic E-state index is -2.53. The minimum absolute atomic E-state index is 0.0310. The van der Waals surface area contributed by atoms with E-state index in [-0.39, 0.29) is 16.7 Å². The molecule has 0 spiro atoms. The normalized spacial score (nSPS) is 13.2. The summed E-state index contributed by atoms with van der Waals surface area (Å²) < 4.78 is 7.09. The summed E-state index contributed by atoms with van der Waals surface area (Å²) in [6, 6.07) is 41.6. The van der Waals surface area contributed by atoms with Gasteiger partial charge in [0.25, 0.3) is 8.32 Å². The Morgan fingerprint density at radius 2 is 1.23 bits per heavy atom. The molecule has 3 heteroatoms. The van der Waals surface area contributed by atoms with Gasteiger partial charge in [0, 0.05) is 24.5 Å². The van der Waals surface area contributed by atoms with Gasteiger partial charge in [0.15, 0.2) is 5.78 Å². The molecular weight excluding hydrogens is 504 g/mol. The van der Waals surface area contributed by atoms with Crippen LogP contribution in [0, 0.1) is 0 Å². The fraction of sp³-hybridized carbons (Fsp3) is 0.270. The topological polar surface area (TPSA) is 26.3 Å². The van der Waals surface area contributed by atoms with Crippen LogP contribution in [-0.4, -0.2) is 20.7 Å². The molecule has 0 aliphatic carbocycles. The standard InChI is InChI=1S/C37H42O2Si/c1-30(28-33(31-19-9-5-10-20-31)29-36(38)32-21-11-6-12-22-32)18-17-27-39-40(37(2,3)4,34-23-13-7-14-24-34)35-25-15-8-16-26-35/h5-16,19-26,28,33H,17-18,27,29H2,1-4H3/b30-28+. The summed E-state index contributed by atoms with van der Waals surface area (Å²) in [6.07, 6.45) is 4.62. The highest BCUT2D eigenvalue weighted by Crippen LogP contribution is 2.37. The third-order valence-corrected chi connectivity index (χ3v) is 12.7. The molecular formula is C37H42O2Si. The minimum Gasteiger partial charge on any atom is -0.407 e. The lowest BCUT2D eigenvalue weighted by atomic mass is 9.89. The Hall–Kier alpha value is -3.53. The summed E-state index contributed by atoms with van der Waals surface area (Å²) in [7, 11) is -2.53. The molecule has 0 saturated heterocycles. The molecule has 0 aliphatic rings. The molecule has 0 heterocycles. The van der Waals surface area contributed by atoms with Gasteiger partial charge in [-0.15, -0.1) is 0 Å². The largest absolute Gasteiger partial charge is 0.407 e. The van der Waals surface area contributed by atoms with E-state index in [4.69, 9.17) is 4.43 Å². The highest BCUT2D eigenvalue weighted by molar-refractivity contribution is 6.99. The highest BCUT2D eigenvalue weighted by Gasteiger charge is 2.49. The third-order valence-electron chi connectivity index (χ3n) is 7.67. The van der Waals surface area contributed by atoms with Crippen molar-refractivity contribution in [3.05, 3.63) is 144 Å². The molecule has 0 bridgehead atoms. The zero-order chi connectivity index (χ0) is 28.4. The second-order valence-corrected chi connectivity index (χ2v) is 15.9. The smallest absolute Gasteiger partial charge is 0.261 e. The van der Waals surface area contributed by atoms with Crippen molar-refractivity contribution in [2.24, 2.45) is 0 Å². The molecule has 4 aromatic carbocycles. The van der Waals surface area contributed by atoms with E-state index < -0.39 is 8.32 Å². The van der Waals surface area contributed by atoms with Crippen LogP contribution in [-0.2, 0) is 4.43 Å². The number of benzene rings is 4. The zero-order valence-electron chi connectivity index (χ0n) is 24.3. The Kier molecular flexibility index (Phi) is 10.1. The molecule has 40 heavy (non-hydrogen) atoms. The Morgan fingerprint density at radius 1 is 0.750 bits per heavy atom. The van der Waals surface area contributed by atoms with Crippen LogP contribution >= 0.6 is 0 Å². The molecule has 0 N–H and O–H groups in total. The van der Waals surface area contributed by atoms with Crippen LogP contribution < -0.4 is 10.4 Å². The molecule has 4 rings (SSSR count). The first-order valence-electron chi connectivity index (χ1n) is 14.4. The lowest BCUT2D eigenvalue weighted by molar-refractivity contribution is 0.0978. The first-order chi connectivity index (χ1) is 19.3. The molecule has 0 aliphatic heterocycles. The summed E-state index contributed by atoms with van der Waals surface area (Å²) >= 11 is 0. The van der Waals surface area contributed by atoms with Crippen LogP contribution in [0.3, 0.4) is 0 Å². The monoisotopic (exact) mass is 546 g/mol. The van der Waals surface area contributed by atoms with Gasteiger partial charge >= 0.3 is 0 Å². The van der Waals surface area contributed by atoms with Gasteiger partial charge in [-0.1, -0.05) is 154 Å². The maximum atomic E-state index is 13.1. The maximum Gasteiger partial charge on any atom is 0.261 e. The van der Waals surface area contributed by atoms with Crippen LogP contribution in [0.4, 0.5) is 0 Å². The van der Waals surface area contributed by atoms with Gasteiger partial charge in [-0.2, -0.15) is 0 Å². The van der Waals surface area contributed by atoms with Gasteiger partial charge in [-0.05, 0) is 40.7 Å². The maximum absolute atomic E-state index is 13.1. The van der Waals surface area contributed by atoms with E-state index in [9.17, 15) is 4.79 Å². The molecule has 0 radical (unpaired) electrons. The molecule has 1 unspecified atom stereocenters. The van der Waals surface area contributed by atoms with Crippen molar-refractivity contribution < 1.29 is 9.22 Å². The van der Waals surface area contributed by atoms with Crippen LogP contribution in [0.1, 0.15) is 68.8 Å².